The smallest absolute Gasteiger partial charge is 0.246 e. The molecule has 0 unspecified atom stereocenters. The highest BCUT2D eigenvalue weighted by Crippen LogP contribution is 2.17. The molecule has 82 valence electrons. The summed E-state index contributed by atoms with van der Waals surface area (Å²) in [6.45, 7) is 1.78. The van der Waals surface area contributed by atoms with E-state index in [4.69, 9.17) is 0 Å². The standard InChI is InChI=1S/C12H12N2O2/c1-2-11(14(15)16)7-9-3-4-10-5-6-13-12(10)8-9/h3-8,13H,2H2,1H3. The van der Waals surface area contributed by atoms with Gasteiger partial charge >= 0.3 is 0 Å². The molecule has 1 heterocycles. The van der Waals surface area contributed by atoms with Gasteiger partial charge in [-0.1, -0.05) is 19.1 Å². The minimum Gasteiger partial charge on any atom is -0.361 e. The van der Waals surface area contributed by atoms with Gasteiger partial charge in [-0.3, -0.25) is 10.1 Å². The van der Waals surface area contributed by atoms with Gasteiger partial charge in [0, 0.05) is 24.2 Å². The van der Waals surface area contributed by atoms with E-state index in [-0.39, 0.29) is 10.6 Å². The molecule has 1 aromatic carbocycles. The molecule has 0 amide bonds. The fourth-order valence-corrected chi connectivity index (χ4v) is 1.63. The van der Waals surface area contributed by atoms with E-state index in [9.17, 15) is 10.1 Å². The van der Waals surface area contributed by atoms with Crippen molar-refractivity contribution >= 4 is 17.0 Å². The summed E-state index contributed by atoms with van der Waals surface area (Å²) in [6.07, 6.45) is 3.89. The molecule has 0 radical (unpaired) electrons. The zero-order valence-corrected chi connectivity index (χ0v) is 8.93. The van der Waals surface area contributed by atoms with Crippen LogP contribution < -0.4 is 0 Å². The summed E-state index contributed by atoms with van der Waals surface area (Å²) in [4.78, 5) is 13.4. The molecule has 16 heavy (non-hydrogen) atoms. The maximum absolute atomic E-state index is 10.7. The SMILES string of the molecule is CCC(=Cc1ccc2cc[nH]c2c1)[N+](=O)[O-]. The Labute approximate surface area is 92.7 Å². The molecule has 1 aromatic heterocycles. The van der Waals surface area contributed by atoms with E-state index in [0.29, 0.717) is 6.42 Å². The minimum atomic E-state index is -0.334. The van der Waals surface area contributed by atoms with Crippen molar-refractivity contribution in [3.05, 3.63) is 51.8 Å². The van der Waals surface area contributed by atoms with Crippen LogP contribution in [0.1, 0.15) is 18.9 Å². The van der Waals surface area contributed by atoms with Crippen molar-refractivity contribution in [2.45, 2.75) is 13.3 Å². The second-order valence-electron chi connectivity index (χ2n) is 3.57. The van der Waals surface area contributed by atoms with Crippen LogP contribution in [-0.4, -0.2) is 9.91 Å². The van der Waals surface area contributed by atoms with E-state index in [1.54, 1.807) is 13.0 Å². The average molecular weight is 216 g/mol. The Hall–Kier alpha value is -2.10. The molecule has 0 aliphatic rings. The van der Waals surface area contributed by atoms with Crippen molar-refractivity contribution in [2.75, 3.05) is 0 Å². The Morgan fingerprint density at radius 1 is 1.50 bits per heavy atom. The third-order valence-electron chi connectivity index (χ3n) is 2.51. The van der Waals surface area contributed by atoms with Crippen LogP contribution in [0.2, 0.25) is 0 Å². The molecular formula is C12H12N2O2. The Bertz CT molecular complexity index is 555. The lowest BCUT2D eigenvalue weighted by atomic mass is 10.1. The quantitative estimate of drug-likeness (QED) is 0.632. The molecule has 0 aliphatic carbocycles. The van der Waals surface area contributed by atoms with Crippen LogP contribution in [0.25, 0.3) is 17.0 Å². The first kappa shape index (κ1) is 10.4. The van der Waals surface area contributed by atoms with Crippen molar-refractivity contribution in [2.24, 2.45) is 0 Å². The summed E-state index contributed by atoms with van der Waals surface area (Å²) in [5, 5.41) is 11.8. The van der Waals surface area contributed by atoms with Crippen LogP contribution in [-0.2, 0) is 0 Å². The summed E-state index contributed by atoms with van der Waals surface area (Å²) in [7, 11) is 0. The first-order chi connectivity index (χ1) is 7.70. The summed E-state index contributed by atoms with van der Waals surface area (Å²) in [5.41, 5.74) is 2.07. The van der Waals surface area contributed by atoms with Gasteiger partial charge in [0.2, 0.25) is 5.70 Å². The highest BCUT2D eigenvalue weighted by atomic mass is 16.6. The Morgan fingerprint density at radius 2 is 2.31 bits per heavy atom. The largest absolute Gasteiger partial charge is 0.361 e. The third kappa shape index (κ3) is 1.95. The van der Waals surface area contributed by atoms with Gasteiger partial charge in [-0.2, -0.15) is 0 Å². The first-order valence-corrected chi connectivity index (χ1v) is 5.13. The topological polar surface area (TPSA) is 58.9 Å². The molecule has 4 heteroatoms. The third-order valence-corrected chi connectivity index (χ3v) is 2.51. The lowest BCUT2D eigenvalue weighted by molar-refractivity contribution is -0.425. The molecule has 0 spiro atoms. The second kappa shape index (κ2) is 4.18. The molecule has 0 fully saturated rings. The molecule has 4 nitrogen and oxygen atoms in total. The number of aromatic amines is 1. The van der Waals surface area contributed by atoms with Gasteiger partial charge in [0.15, 0.2) is 0 Å². The molecule has 0 atom stereocenters. The number of benzene rings is 1. The van der Waals surface area contributed by atoms with Gasteiger partial charge in [-0.05, 0) is 23.1 Å². The predicted octanol–water partition coefficient (Wildman–Crippen LogP) is 3.20. The minimum absolute atomic E-state index is 0.228. The number of nitrogens with one attached hydrogen (secondary N) is 1. The number of hydrogen-bond donors (Lipinski definition) is 1. The maximum atomic E-state index is 10.7. The normalized spacial score (nSPS) is 11.9. The van der Waals surface area contributed by atoms with Gasteiger partial charge in [0.25, 0.3) is 0 Å². The van der Waals surface area contributed by atoms with Crippen LogP contribution in [0.5, 0.6) is 0 Å². The van der Waals surface area contributed by atoms with Crippen molar-refractivity contribution in [1.29, 1.82) is 0 Å². The Balaban J connectivity index is 2.43. The number of nitrogens with zero attached hydrogens (tertiary/aromatic N) is 1. The Morgan fingerprint density at radius 3 is 3.00 bits per heavy atom. The van der Waals surface area contributed by atoms with Crippen molar-refractivity contribution in [1.82, 2.24) is 4.98 Å². The zero-order chi connectivity index (χ0) is 11.5. The van der Waals surface area contributed by atoms with Crippen LogP contribution >= 0.6 is 0 Å². The van der Waals surface area contributed by atoms with Crippen LogP contribution in [0.15, 0.2) is 36.2 Å². The highest BCUT2D eigenvalue weighted by molar-refractivity contribution is 5.81. The van der Waals surface area contributed by atoms with E-state index in [0.717, 1.165) is 16.5 Å². The summed E-state index contributed by atoms with van der Waals surface area (Å²) in [6, 6.07) is 7.71. The molecule has 0 saturated heterocycles. The van der Waals surface area contributed by atoms with Gasteiger partial charge in [0.1, 0.15) is 0 Å². The number of rotatable bonds is 3. The van der Waals surface area contributed by atoms with E-state index in [1.165, 1.54) is 0 Å². The highest BCUT2D eigenvalue weighted by Gasteiger charge is 2.07. The molecule has 1 N–H and O–H groups in total. The van der Waals surface area contributed by atoms with Crippen LogP contribution in [0.3, 0.4) is 0 Å². The van der Waals surface area contributed by atoms with Crippen molar-refractivity contribution in [3.8, 4) is 0 Å². The van der Waals surface area contributed by atoms with Gasteiger partial charge < -0.3 is 4.98 Å². The monoisotopic (exact) mass is 216 g/mol. The maximum Gasteiger partial charge on any atom is 0.246 e. The fourth-order valence-electron chi connectivity index (χ4n) is 1.63. The number of hydrogen-bond acceptors (Lipinski definition) is 2. The summed E-state index contributed by atoms with van der Waals surface area (Å²) >= 11 is 0. The van der Waals surface area contributed by atoms with Gasteiger partial charge in [-0.25, -0.2) is 0 Å². The number of aromatic nitrogens is 1. The van der Waals surface area contributed by atoms with E-state index < -0.39 is 0 Å². The summed E-state index contributed by atoms with van der Waals surface area (Å²) < 4.78 is 0. The number of nitro groups is 1. The molecule has 2 aromatic rings. The van der Waals surface area contributed by atoms with Gasteiger partial charge in [0.05, 0.1) is 4.92 Å². The van der Waals surface area contributed by atoms with Crippen molar-refractivity contribution < 1.29 is 4.92 Å². The summed E-state index contributed by atoms with van der Waals surface area (Å²) in [5.74, 6) is 0. The fraction of sp³-hybridized carbons (Fsp3) is 0.167. The van der Waals surface area contributed by atoms with E-state index in [2.05, 4.69) is 4.98 Å². The molecular weight excluding hydrogens is 204 g/mol. The Kier molecular flexibility index (Phi) is 2.72. The van der Waals surface area contributed by atoms with Crippen LogP contribution in [0, 0.1) is 10.1 Å². The molecule has 2 rings (SSSR count). The van der Waals surface area contributed by atoms with E-state index in [1.807, 2.05) is 30.5 Å². The molecule has 0 aliphatic heterocycles. The molecule has 0 bridgehead atoms. The number of fused-ring (bicyclic) bond motifs is 1. The molecule has 0 saturated carbocycles. The van der Waals surface area contributed by atoms with Crippen LogP contribution in [0.4, 0.5) is 0 Å². The number of H-pyrrole nitrogens is 1. The van der Waals surface area contributed by atoms with E-state index >= 15 is 0 Å². The lowest BCUT2D eigenvalue weighted by Crippen LogP contribution is -1.96. The van der Waals surface area contributed by atoms with Gasteiger partial charge in [-0.15, -0.1) is 0 Å². The lowest BCUT2D eigenvalue weighted by Gasteiger charge is -1.96. The predicted molar refractivity (Wildman–Crippen MR) is 63.6 cm³/mol. The van der Waals surface area contributed by atoms with Crippen molar-refractivity contribution in [3.63, 3.8) is 0 Å². The second-order valence-corrected chi connectivity index (χ2v) is 3.57. The number of allylic oxidation sites excluding steroid dienone is 1. The average Bonchev–Trinajstić information content (AvgIpc) is 2.72. The first-order valence-electron chi connectivity index (χ1n) is 5.13. The zero-order valence-electron chi connectivity index (χ0n) is 8.93.